The van der Waals surface area contributed by atoms with Crippen molar-refractivity contribution in [2.45, 2.75) is 19.8 Å². The van der Waals surface area contributed by atoms with Crippen molar-refractivity contribution in [3.05, 3.63) is 35.5 Å². The Kier molecular flexibility index (Phi) is 4.83. The highest BCUT2D eigenvalue weighted by Gasteiger charge is 2.32. The number of rotatable bonds is 6. The first-order valence-electron chi connectivity index (χ1n) is 7.44. The van der Waals surface area contributed by atoms with Crippen molar-refractivity contribution in [1.82, 2.24) is 4.90 Å². The molecule has 0 fully saturated rings. The zero-order valence-electron chi connectivity index (χ0n) is 13.5. The van der Waals surface area contributed by atoms with E-state index in [1.807, 2.05) is 25.9 Å². The number of carbonyl (C=O) groups excluding carboxylic acids is 2. The highest BCUT2D eigenvalue weighted by Crippen LogP contribution is 2.37. The molecular formula is C17H20N2O4. The van der Waals surface area contributed by atoms with Crippen LogP contribution in [0.25, 0.3) is 5.57 Å². The van der Waals surface area contributed by atoms with Gasteiger partial charge >= 0.3 is 5.97 Å². The standard InChI is InChI=1S/C17H20N2O4/c1-4-19-14-9-11(15(20)7-8-16(21)22)5-6-12(14)13(17(19)23)10-18(2)3/h5-6,9-10H,4,7-8H2,1-3H3,(H,21,22). The zero-order chi connectivity index (χ0) is 17.1. The van der Waals surface area contributed by atoms with E-state index in [2.05, 4.69) is 0 Å². The van der Waals surface area contributed by atoms with Gasteiger partial charge in [-0.15, -0.1) is 0 Å². The molecule has 6 heteroatoms. The maximum atomic E-state index is 12.5. The van der Waals surface area contributed by atoms with E-state index in [9.17, 15) is 14.4 Å². The van der Waals surface area contributed by atoms with Gasteiger partial charge in [-0.1, -0.05) is 12.1 Å². The van der Waals surface area contributed by atoms with Crippen molar-refractivity contribution in [3.8, 4) is 0 Å². The molecule has 0 bridgehead atoms. The summed E-state index contributed by atoms with van der Waals surface area (Å²) in [5.74, 6) is -1.32. The number of aliphatic carboxylic acids is 1. The predicted molar refractivity (Wildman–Crippen MR) is 87.3 cm³/mol. The van der Waals surface area contributed by atoms with Gasteiger partial charge in [0.15, 0.2) is 5.78 Å². The number of hydrogen-bond donors (Lipinski definition) is 1. The monoisotopic (exact) mass is 316 g/mol. The summed E-state index contributed by atoms with van der Waals surface area (Å²) in [5, 5.41) is 8.68. The largest absolute Gasteiger partial charge is 0.481 e. The van der Waals surface area contributed by atoms with Gasteiger partial charge in [-0.25, -0.2) is 0 Å². The smallest absolute Gasteiger partial charge is 0.303 e. The van der Waals surface area contributed by atoms with Gasteiger partial charge in [0, 0.05) is 44.4 Å². The lowest BCUT2D eigenvalue weighted by Gasteiger charge is -2.14. The highest BCUT2D eigenvalue weighted by molar-refractivity contribution is 6.32. The lowest BCUT2D eigenvalue weighted by Crippen LogP contribution is -2.26. The molecule has 2 rings (SSSR count). The van der Waals surface area contributed by atoms with Crippen LogP contribution in [0.5, 0.6) is 0 Å². The lowest BCUT2D eigenvalue weighted by atomic mass is 10.0. The molecule has 1 heterocycles. The second kappa shape index (κ2) is 6.64. The Morgan fingerprint density at radius 2 is 1.96 bits per heavy atom. The number of likely N-dealkylation sites (N-methyl/N-ethyl adjacent to an activating group) is 1. The molecule has 6 nitrogen and oxygen atoms in total. The number of carboxylic acid groups (broad SMARTS) is 1. The average Bonchev–Trinajstić information content (AvgIpc) is 2.75. The molecule has 0 saturated heterocycles. The zero-order valence-corrected chi connectivity index (χ0v) is 13.5. The fourth-order valence-corrected chi connectivity index (χ4v) is 2.59. The molecule has 1 N–H and O–H groups in total. The van der Waals surface area contributed by atoms with Crippen LogP contribution in [0, 0.1) is 0 Å². The van der Waals surface area contributed by atoms with Gasteiger partial charge < -0.3 is 14.9 Å². The van der Waals surface area contributed by atoms with Crippen molar-refractivity contribution >= 4 is 28.9 Å². The minimum atomic E-state index is -0.999. The molecule has 0 radical (unpaired) electrons. The number of anilines is 1. The summed E-state index contributed by atoms with van der Waals surface area (Å²) in [6.07, 6.45) is 1.52. The minimum absolute atomic E-state index is 0.0470. The average molecular weight is 316 g/mol. The normalized spacial score (nSPS) is 15.0. The predicted octanol–water partition coefficient (Wildman–Crippen LogP) is 2.00. The van der Waals surface area contributed by atoms with E-state index in [0.29, 0.717) is 23.4 Å². The first-order chi connectivity index (χ1) is 10.8. The lowest BCUT2D eigenvalue weighted by molar-refractivity contribution is -0.137. The third-order valence-electron chi connectivity index (χ3n) is 3.65. The summed E-state index contributed by atoms with van der Waals surface area (Å²) in [6.45, 7) is 2.38. The Bertz CT molecular complexity index is 692. The number of carboxylic acids is 1. The number of nitrogens with zero attached hydrogens (tertiary/aromatic N) is 2. The van der Waals surface area contributed by atoms with Crippen molar-refractivity contribution in [2.24, 2.45) is 0 Å². The second-order valence-corrected chi connectivity index (χ2v) is 5.60. The Balaban J connectivity index is 2.39. The number of carbonyl (C=O) groups is 3. The SMILES string of the molecule is CCN1C(=O)C(=CN(C)C)c2ccc(C(=O)CCC(=O)O)cc21. The first kappa shape index (κ1) is 16.7. The van der Waals surface area contributed by atoms with Crippen molar-refractivity contribution < 1.29 is 19.5 Å². The Hall–Kier alpha value is -2.63. The van der Waals surface area contributed by atoms with Crippen LogP contribution in [0.2, 0.25) is 0 Å². The van der Waals surface area contributed by atoms with Crippen molar-refractivity contribution in [2.75, 3.05) is 25.5 Å². The summed E-state index contributed by atoms with van der Waals surface area (Å²) in [5.41, 5.74) is 2.52. The van der Waals surface area contributed by atoms with Crippen molar-refractivity contribution in [3.63, 3.8) is 0 Å². The quantitative estimate of drug-likeness (QED) is 0.641. The van der Waals surface area contributed by atoms with E-state index in [0.717, 1.165) is 5.56 Å². The van der Waals surface area contributed by atoms with Gasteiger partial charge in [-0.05, 0) is 13.0 Å². The van der Waals surface area contributed by atoms with E-state index in [1.54, 1.807) is 29.3 Å². The maximum Gasteiger partial charge on any atom is 0.303 e. The van der Waals surface area contributed by atoms with E-state index < -0.39 is 5.97 Å². The highest BCUT2D eigenvalue weighted by atomic mass is 16.4. The van der Waals surface area contributed by atoms with Crippen LogP contribution in [0.1, 0.15) is 35.7 Å². The van der Waals surface area contributed by atoms with Crippen LogP contribution in [0.15, 0.2) is 24.4 Å². The van der Waals surface area contributed by atoms with Crippen LogP contribution in [0.4, 0.5) is 5.69 Å². The molecule has 0 aromatic heterocycles. The molecule has 23 heavy (non-hydrogen) atoms. The Labute approximate surface area is 135 Å². The molecule has 0 spiro atoms. The summed E-state index contributed by atoms with van der Waals surface area (Å²) in [7, 11) is 3.69. The van der Waals surface area contributed by atoms with Crippen LogP contribution in [-0.4, -0.2) is 48.3 Å². The topological polar surface area (TPSA) is 77.9 Å². The van der Waals surface area contributed by atoms with E-state index in [1.165, 1.54) is 0 Å². The van der Waals surface area contributed by atoms with Crippen LogP contribution < -0.4 is 4.90 Å². The Morgan fingerprint density at radius 1 is 1.26 bits per heavy atom. The number of benzene rings is 1. The molecule has 0 saturated carbocycles. The van der Waals surface area contributed by atoms with Crippen LogP contribution in [-0.2, 0) is 9.59 Å². The van der Waals surface area contributed by atoms with Gasteiger partial charge in [0.05, 0.1) is 17.7 Å². The van der Waals surface area contributed by atoms with E-state index in [4.69, 9.17) is 5.11 Å². The van der Waals surface area contributed by atoms with Crippen LogP contribution >= 0.6 is 0 Å². The minimum Gasteiger partial charge on any atom is -0.481 e. The van der Waals surface area contributed by atoms with E-state index in [-0.39, 0.29) is 24.5 Å². The maximum absolute atomic E-state index is 12.5. The van der Waals surface area contributed by atoms with Gasteiger partial charge in [-0.3, -0.25) is 14.4 Å². The van der Waals surface area contributed by atoms with Gasteiger partial charge in [0.2, 0.25) is 0 Å². The summed E-state index contributed by atoms with van der Waals surface area (Å²) < 4.78 is 0. The molecule has 122 valence electrons. The van der Waals surface area contributed by atoms with Gasteiger partial charge in [-0.2, -0.15) is 0 Å². The number of hydrogen-bond acceptors (Lipinski definition) is 4. The first-order valence-corrected chi connectivity index (χ1v) is 7.44. The van der Waals surface area contributed by atoms with Crippen LogP contribution in [0.3, 0.4) is 0 Å². The summed E-state index contributed by atoms with van der Waals surface area (Å²) in [6, 6.07) is 5.09. The summed E-state index contributed by atoms with van der Waals surface area (Å²) >= 11 is 0. The van der Waals surface area contributed by atoms with E-state index >= 15 is 0 Å². The second-order valence-electron chi connectivity index (χ2n) is 5.60. The molecule has 1 aromatic rings. The van der Waals surface area contributed by atoms with Gasteiger partial charge in [0.1, 0.15) is 0 Å². The molecular weight excluding hydrogens is 296 g/mol. The molecule has 1 aliphatic rings. The number of amides is 1. The number of fused-ring (bicyclic) bond motifs is 1. The fraction of sp³-hybridized carbons (Fsp3) is 0.353. The molecule has 0 aliphatic carbocycles. The fourth-order valence-electron chi connectivity index (χ4n) is 2.59. The molecule has 0 atom stereocenters. The van der Waals surface area contributed by atoms with Crippen molar-refractivity contribution in [1.29, 1.82) is 0 Å². The molecule has 1 amide bonds. The number of ketones is 1. The molecule has 1 aromatic carbocycles. The third-order valence-corrected chi connectivity index (χ3v) is 3.65. The third kappa shape index (κ3) is 3.41. The Morgan fingerprint density at radius 3 is 2.52 bits per heavy atom. The number of Topliss-reactive ketones (excluding diaryl/α,β-unsaturated/α-hetero) is 1. The summed E-state index contributed by atoms with van der Waals surface area (Å²) in [4.78, 5) is 38.6. The molecule has 0 unspecified atom stereocenters. The van der Waals surface area contributed by atoms with Gasteiger partial charge in [0.25, 0.3) is 5.91 Å². The molecule has 1 aliphatic heterocycles.